The van der Waals surface area contributed by atoms with Gasteiger partial charge in [-0.15, -0.1) is 11.6 Å². The number of hydrogen-bond donors (Lipinski definition) is 1. The number of halogens is 1. The van der Waals surface area contributed by atoms with E-state index in [-0.39, 0.29) is 23.2 Å². The minimum absolute atomic E-state index is 0.121. The molecule has 2 aromatic rings. The molecule has 108 valence electrons. The van der Waals surface area contributed by atoms with Crippen LogP contribution in [-0.2, 0) is 0 Å². The largest absolute Gasteiger partial charge is 0.344 e. The molecular formula is C15H13ClN2O3. The molecule has 0 bridgehead atoms. The molecular weight excluding hydrogens is 292 g/mol. The second kappa shape index (κ2) is 6.85. The van der Waals surface area contributed by atoms with E-state index in [1.807, 2.05) is 30.3 Å². The molecule has 2 aromatic carbocycles. The number of non-ortho nitro benzene ring substituents is 1. The van der Waals surface area contributed by atoms with Crippen molar-refractivity contribution in [3.63, 3.8) is 0 Å². The summed E-state index contributed by atoms with van der Waals surface area (Å²) in [6.45, 7) is 0. The third kappa shape index (κ3) is 3.79. The number of nitrogens with one attached hydrogen (secondary N) is 1. The highest BCUT2D eigenvalue weighted by Gasteiger charge is 2.16. The first-order valence-electron chi connectivity index (χ1n) is 6.28. The van der Waals surface area contributed by atoms with Crippen LogP contribution in [0.1, 0.15) is 22.0 Å². The Bertz CT molecular complexity index is 646. The first kappa shape index (κ1) is 15.0. The average molecular weight is 305 g/mol. The van der Waals surface area contributed by atoms with Crippen LogP contribution in [0.25, 0.3) is 0 Å². The summed E-state index contributed by atoms with van der Waals surface area (Å²) in [4.78, 5) is 22.4. The molecule has 6 heteroatoms. The first-order valence-corrected chi connectivity index (χ1v) is 6.81. The van der Waals surface area contributed by atoms with E-state index in [9.17, 15) is 14.9 Å². The highest BCUT2D eigenvalue weighted by molar-refractivity contribution is 6.18. The van der Waals surface area contributed by atoms with E-state index in [2.05, 4.69) is 5.32 Å². The molecule has 0 radical (unpaired) electrons. The van der Waals surface area contributed by atoms with Crippen molar-refractivity contribution in [2.45, 2.75) is 6.04 Å². The highest BCUT2D eigenvalue weighted by atomic mass is 35.5. The maximum atomic E-state index is 12.2. The van der Waals surface area contributed by atoms with Crippen molar-refractivity contribution in [2.75, 3.05) is 5.88 Å². The maximum Gasteiger partial charge on any atom is 0.270 e. The lowest BCUT2D eigenvalue weighted by molar-refractivity contribution is -0.384. The summed E-state index contributed by atoms with van der Waals surface area (Å²) in [5.41, 5.74) is 0.992. The number of carbonyl (C=O) groups excluding carboxylic acids is 1. The quantitative estimate of drug-likeness (QED) is 0.523. The lowest BCUT2D eigenvalue weighted by atomic mass is 10.1. The molecule has 21 heavy (non-hydrogen) atoms. The monoisotopic (exact) mass is 304 g/mol. The minimum Gasteiger partial charge on any atom is -0.344 e. The summed E-state index contributed by atoms with van der Waals surface area (Å²) in [6.07, 6.45) is 0. The molecule has 0 fully saturated rings. The second-order valence-electron chi connectivity index (χ2n) is 4.40. The molecule has 0 aliphatic carbocycles. The topological polar surface area (TPSA) is 72.2 Å². The number of nitro groups is 1. The van der Waals surface area contributed by atoms with Crippen LogP contribution in [0.3, 0.4) is 0 Å². The number of amides is 1. The smallest absolute Gasteiger partial charge is 0.270 e. The Morgan fingerprint density at radius 1 is 1.19 bits per heavy atom. The molecule has 5 nitrogen and oxygen atoms in total. The van der Waals surface area contributed by atoms with Crippen molar-refractivity contribution in [1.29, 1.82) is 0 Å². The number of carbonyl (C=O) groups is 1. The van der Waals surface area contributed by atoms with E-state index in [4.69, 9.17) is 11.6 Å². The van der Waals surface area contributed by atoms with Crippen LogP contribution in [0.2, 0.25) is 0 Å². The van der Waals surface area contributed by atoms with Crippen molar-refractivity contribution < 1.29 is 9.72 Å². The second-order valence-corrected chi connectivity index (χ2v) is 4.71. The number of nitro benzene ring substituents is 1. The van der Waals surface area contributed by atoms with E-state index >= 15 is 0 Å². The molecule has 1 atom stereocenters. The SMILES string of the molecule is O=C(NC(CCl)c1ccccc1)c1cccc([N+](=O)[O-])c1. The highest BCUT2D eigenvalue weighted by Crippen LogP contribution is 2.17. The molecule has 0 saturated carbocycles. The van der Waals surface area contributed by atoms with Crippen molar-refractivity contribution in [3.8, 4) is 0 Å². The fourth-order valence-corrected chi connectivity index (χ4v) is 2.15. The van der Waals surface area contributed by atoms with Crippen LogP contribution in [-0.4, -0.2) is 16.7 Å². The van der Waals surface area contributed by atoms with E-state index in [0.29, 0.717) is 0 Å². The number of rotatable bonds is 5. The van der Waals surface area contributed by atoms with Crippen LogP contribution < -0.4 is 5.32 Å². The lowest BCUT2D eigenvalue weighted by Gasteiger charge is -2.16. The molecule has 0 saturated heterocycles. The fourth-order valence-electron chi connectivity index (χ4n) is 1.90. The van der Waals surface area contributed by atoms with Gasteiger partial charge < -0.3 is 5.32 Å². The minimum atomic E-state index is -0.535. The van der Waals surface area contributed by atoms with E-state index in [0.717, 1.165) is 5.56 Å². The zero-order valence-electron chi connectivity index (χ0n) is 11.0. The van der Waals surface area contributed by atoms with Gasteiger partial charge in [0.25, 0.3) is 11.6 Å². The van der Waals surface area contributed by atoms with Gasteiger partial charge in [0, 0.05) is 23.6 Å². The van der Waals surface area contributed by atoms with Gasteiger partial charge in [-0.05, 0) is 11.6 Å². The van der Waals surface area contributed by atoms with Crippen molar-refractivity contribution in [1.82, 2.24) is 5.32 Å². The Balaban J connectivity index is 2.17. The van der Waals surface area contributed by atoms with Gasteiger partial charge in [-0.2, -0.15) is 0 Å². The van der Waals surface area contributed by atoms with E-state index in [1.165, 1.54) is 24.3 Å². The van der Waals surface area contributed by atoms with Gasteiger partial charge in [0.05, 0.1) is 11.0 Å². The van der Waals surface area contributed by atoms with Crippen molar-refractivity contribution >= 4 is 23.2 Å². The molecule has 0 spiro atoms. The molecule has 1 N–H and O–H groups in total. The summed E-state index contributed by atoms with van der Waals surface area (Å²) >= 11 is 5.89. The molecule has 0 aliphatic heterocycles. The average Bonchev–Trinajstić information content (AvgIpc) is 2.53. The molecule has 0 aromatic heterocycles. The number of nitrogens with zero attached hydrogens (tertiary/aromatic N) is 1. The summed E-state index contributed by atoms with van der Waals surface area (Å²) < 4.78 is 0. The maximum absolute atomic E-state index is 12.2. The third-order valence-electron chi connectivity index (χ3n) is 2.98. The van der Waals surface area contributed by atoms with Gasteiger partial charge in [-0.3, -0.25) is 14.9 Å². The van der Waals surface area contributed by atoms with Crippen molar-refractivity contribution in [3.05, 3.63) is 75.8 Å². The van der Waals surface area contributed by atoms with E-state index < -0.39 is 10.8 Å². The summed E-state index contributed by atoms with van der Waals surface area (Å²) in [6, 6.07) is 14.5. The number of benzene rings is 2. The number of hydrogen-bond acceptors (Lipinski definition) is 3. The van der Waals surface area contributed by atoms with Gasteiger partial charge in [-0.1, -0.05) is 36.4 Å². The van der Waals surface area contributed by atoms with Crippen LogP contribution in [0, 0.1) is 10.1 Å². The van der Waals surface area contributed by atoms with Gasteiger partial charge in [0.1, 0.15) is 0 Å². The predicted molar refractivity (Wildman–Crippen MR) is 80.5 cm³/mol. The number of alkyl halides is 1. The Morgan fingerprint density at radius 3 is 2.52 bits per heavy atom. The zero-order chi connectivity index (χ0) is 15.2. The standard InChI is InChI=1S/C15H13ClN2O3/c16-10-14(11-5-2-1-3-6-11)17-15(19)12-7-4-8-13(9-12)18(20)21/h1-9,14H,10H2,(H,17,19). The van der Waals surface area contributed by atoms with Gasteiger partial charge in [0.2, 0.25) is 0 Å². The van der Waals surface area contributed by atoms with Crippen molar-refractivity contribution in [2.24, 2.45) is 0 Å². The summed E-state index contributed by atoms with van der Waals surface area (Å²) in [5, 5.41) is 13.5. The Kier molecular flexibility index (Phi) is 4.90. The summed E-state index contributed by atoms with van der Waals surface area (Å²) in [7, 11) is 0. The molecule has 0 heterocycles. The van der Waals surface area contributed by atoms with Gasteiger partial charge in [0.15, 0.2) is 0 Å². The Labute approximate surface area is 126 Å². The first-order chi connectivity index (χ1) is 10.1. The summed E-state index contributed by atoms with van der Waals surface area (Å²) in [5.74, 6) is -0.182. The van der Waals surface area contributed by atoms with Gasteiger partial charge >= 0.3 is 0 Å². The molecule has 2 rings (SSSR count). The van der Waals surface area contributed by atoms with Crippen LogP contribution in [0.15, 0.2) is 54.6 Å². The van der Waals surface area contributed by atoms with Crippen LogP contribution in [0.4, 0.5) is 5.69 Å². The normalized spacial score (nSPS) is 11.7. The van der Waals surface area contributed by atoms with E-state index in [1.54, 1.807) is 0 Å². The molecule has 0 aliphatic rings. The van der Waals surface area contributed by atoms with Crippen LogP contribution in [0.5, 0.6) is 0 Å². The Morgan fingerprint density at radius 2 is 1.90 bits per heavy atom. The zero-order valence-corrected chi connectivity index (χ0v) is 11.8. The lowest BCUT2D eigenvalue weighted by Crippen LogP contribution is -2.29. The fraction of sp³-hybridized carbons (Fsp3) is 0.133. The predicted octanol–water partition coefficient (Wildman–Crippen LogP) is 3.30. The molecule has 1 unspecified atom stereocenters. The molecule has 1 amide bonds. The van der Waals surface area contributed by atoms with Gasteiger partial charge in [-0.25, -0.2) is 0 Å². The van der Waals surface area contributed by atoms with Crippen LogP contribution >= 0.6 is 11.6 Å². The Hall–Kier alpha value is -2.40. The third-order valence-corrected chi connectivity index (χ3v) is 3.29.